The molecule has 0 saturated heterocycles. The van der Waals surface area contributed by atoms with E-state index < -0.39 is 0 Å². The number of hydrogen-bond acceptors (Lipinski definition) is 2. The Hall–Kier alpha value is -1.36. The number of pyridine rings is 1. The second-order valence-electron chi connectivity index (χ2n) is 4.66. The Morgan fingerprint density at radius 1 is 1.27 bits per heavy atom. The van der Waals surface area contributed by atoms with Crippen molar-refractivity contribution in [3.8, 4) is 0 Å². The van der Waals surface area contributed by atoms with Gasteiger partial charge in [0.15, 0.2) is 0 Å². The summed E-state index contributed by atoms with van der Waals surface area (Å²) in [7, 11) is 0. The zero-order chi connectivity index (χ0) is 15.4. The summed E-state index contributed by atoms with van der Waals surface area (Å²) in [4.78, 5) is 16.5. The number of hydrogen-bond donors (Lipinski definition) is 1. The number of halogens is 1. The molecule has 0 aliphatic carbocycles. The fraction of sp³-hybridized carbons (Fsp3) is 0.125. The Bertz CT molecular complexity index is 803. The second-order valence-corrected chi connectivity index (χ2v) is 8.13. The molecular weight excluding hydrogens is 404 g/mol. The molecule has 1 aromatic carbocycles. The summed E-state index contributed by atoms with van der Waals surface area (Å²) in [5.41, 5.74) is 1.69. The number of carbonyl (C=O) groups is 1. The van der Waals surface area contributed by atoms with Gasteiger partial charge in [-0.05, 0) is 0 Å². The van der Waals surface area contributed by atoms with Crippen LogP contribution in [0.5, 0.6) is 0 Å². The molecule has 22 heavy (non-hydrogen) atoms. The molecule has 0 atom stereocenters. The van der Waals surface area contributed by atoms with Crippen LogP contribution in [0.2, 0.25) is 5.28 Å². The average molecular weight is 418 g/mol. The molecule has 0 aliphatic heterocycles. The normalized spacial score (nSPS) is 10.9. The van der Waals surface area contributed by atoms with Crippen LogP contribution < -0.4 is 26.5 Å². The topological polar surface area (TPSA) is 46.4 Å². The van der Waals surface area contributed by atoms with Crippen molar-refractivity contribution < 1.29 is 26.0 Å². The van der Waals surface area contributed by atoms with E-state index in [4.69, 9.17) is 0 Å². The minimum atomic E-state index is -0.375. The Balaban J connectivity index is 1.82. The zero-order valence-corrected chi connectivity index (χ0v) is 15.2. The van der Waals surface area contributed by atoms with Crippen LogP contribution in [0.4, 0.5) is 0 Å². The first kappa shape index (κ1) is 15.5. The number of imidazole rings is 1. The van der Waals surface area contributed by atoms with E-state index in [2.05, 4.69) is 37.1 Å². The SMILES string of the molecule is O=C(NC[CH2][Al])c1cccc([I-]c2cnc3ccccn23)c1. The molecule has 2 heterocycles. The van der Waals surface area contributed by atoms with E-state index >= 15 is 0 Å². The van der Waals surface area contributed by atoms with Gasteiger partial charge in [-0.15, -0.1) is 0 Å². The third-order valence-electron chi connectivity index (χ3n) is 3.09. The molecule has 1 N–H and O–H groups in total. The summed E-state index contributed by atoms with van der Waals surface area (Å²) in [5.74, 6) is -0.00792. The molecule has 6 heteroatoms. The third-order valence-corrected chi connectivity index (χ3v) is 6.03. The predicted molar refractivity (Wildman–Crippen MR) is 81.9 cm³/mol. The number of carbonyl (C=O) groups excluding carboxylic acids is 1. The van der Waals surface area contributed by atoms with Crippen molar-refractivity contribution in [1.29, 1.82) is 0 Å². The van der Waals surface area contributed by atoms with Gasteiger partial charge in [-0.25, -0.2) is 0 Å². The standard InChI is InChI=1S/C16H14IN3O.Al/c1-2-18-16(21)12-6-5-7-13(10-12)17-14-11-19-15-8-3-4-9-20(14)15;/h3-11H,1-2H2,(H,18,21);/q-1;. The van der Waals surface area contributed by atoms with Gasteiger partial charge >= 0.3 is 148 Å². The van der Waals surface area contributed by atoms with Crippen molar-refractivity contribution in [3.05, 3.63) is 67.7 Å². The molecule has 3 aromatic rings. The zero-order valence-electron chi connectivity index (χ0n) is 11.9. The molecule has 110 valence electrons. The molecule has 0 spiro atoms. The van der Waals surface area contributed by atoms with Gasteiger partial charge < -0.3 is 0 Å². The molecule has 0 saturated carbocycles. The van der Waals surface area contributed by atoms with Gasteiger partial charge in [0.25, 0.3) is 0 Å². The summed E-state index contributed by atoms with van der Waals surface area (Å²) in [6.07, 6.45) is 3.97. The van der Waals surface area contributed by atoms with Crippen molar-refractivity contribution in [3.63, 3.8) is 0 Å². The van der Waals surface area contributed by atoms with E-state index in [1.54, 1.807) is 0 Å². The van der Waals surface area contributed by atoms with Crippen molar-refractivity contribution in [2.75, 3.05) is 6.54 Å². The molecule has 2 radical (unpaired) electrons. The quantitative estimate of drug-likeness (QED) is 0.417. The third kappa shape index (κ3) is 3.51. The maximum absolute atomic E-state index is 12.0. The first-order valence-corrected chi connectivity index (χ1v) is 9.90. The minimum absolute atomic E-state index is 0.00792. The van der Waals surface area contributed by atoms with Crippen molar-refractivity contribution in [1.82, 2.24) is 14.7 Å². The van der Waals surface area contributed by atoms with Crippen molar-refractivity contribution in [2.45, 2.75) is 5.28 Å². The monoisotopic (exact) mass is 418 g/mol. The van der Waals surface area contributed by atoms with Crippen LogP contribution in [-0.2, 0) is 0 Å². The van der Waals surface area contributed by atoms with Gasteiger partial charge in [-0.2, -0.15) is 0 Å². The Kier molecular flexibility index (Phi) is 5.13. The number of rotatable bonds is 5. The number of nitrogens with zero attached hydrogens (tertiary/aromatic N) is 2. The van der Waals surface area contributed by atoms with Crippen LogP contribution in [0.3, 0.4) is 0 Å². The van der Waals surface area contributed by atoms with Crippen molar-refractivity contribution in [2.24, 2.45) is 0 Å². The maximum atomic E-state index is 12.0. The van der Waals surface area contributed by atoms with E-state index in [0.29, 0.717) is 6.54 Å². The number of aromatic nitrogens is 2. The summed E-state index contributed by atoms with van der Waals surface area (Å²) < 4.78 is 4.55. The van der Waals surface area contributed by atoms with Crippen LogP contribution in [0.1, 0.15) is 10.4 Å². The van der Waals surface area contributed by atoms with E-state index in [-0.39, 0.29) is 27.1 Å². The van der Waals surface area contributed by atoms with Gasteiger partial charge in [0.05, 0.1) is 0 Å². The van der Waals surface area contributed by atoms with Crippen LogP contribution >= 0.6 is 0 Å². The van der Waals surface area contributed by atoms with E-state index in [9.17, 15) is 4.79 Å². The first-order valence-electron chi connectivity index (χ1n) is 6.93. The molecule has 0 unspecified atom stereocenters. The van der Waals surface area contributed by atoms with Crippen LogP contribution in [-0.4, -0.2) is 38.1 Å². The van der Waals surface area contributed by atoms with E-state index in [0.717, 1.165) is 16.5 Å². The Labute approximate surface area is 147 Å². The fourth-order valence-electron chi connectivity index (χ4n) is 2.06. The van der Waals surface area contributed by atoms with Gasteiger partial charge in [0.1, 0.15) is 0 Å². The number of fused-ring (bicyclic) bond motifs is 1. The summed E-state index contributed by atoms with van der Waals surface area (Å²) in [6, 6.07) is 13.9. The predicted octanol–water partition coefficient (Wildman–Crippen LogP) is -1.22. The average Bonchev–Trinajstić information content (AvgIpc) is 2.96. The molecule has 1 amide bonds. The molecule has 4 nitrogen and oxygen atoms in total. The van der Waals surface area contributed by atoms with Crippen LogP contribution in [0.15, 0.2) is 54.9 Å². The summed E-state index contributed by atoms with van der Waals surface area (Å²) in [6.45, 7) is 0.677. The van der Waals surface area contributed by atoms with E-state index in [1.807, 2.05) is 48.8 Å². The number of benzene rings is 1. The Morgan fingerprint density at radius 2 is 2.18 bits per heavy atom. The number of nitrogens with one attached hydrogen (secondary N) is 1. The van der Waals surface area contributed by atoms with Crippen LogP contribution in [0, 0.1) is 7.27 Å². The first-order chi connectivity index (χ1) is 10.8. The van der Waals surface area contributed by atoms with Gasteiger partial charge in [-0.1, -0.05) is 0 Å². The molecule has 0 bridgehead atoms. The molecule has 0 fully saturated rings. The Morgan fingerprint density at radius 3 is 3.05 bits per heavy atom. The van der Waals surface area contributed by atoms with Gasteiger partial charge in [0.2, 0.25) is 0 Å². The molecular formula is C16H14AlIN3O-. The molecule has 3 rings (SSSR count). The summed E-state index contributed by atoms with van der Waals surface area (Å²) in [5, 5.41) is 3.76. The van der Waals surface area contributed by atoms with Crippen LogP contribution in [0.25, 0.3) is 5.65 Å². The molecule has 0 aliphatic rings. The van der Waals surface area contributed by atoms with Crippen molar-refractivity contribution >= 4 is 27.8 Å². The van der Waals surface area contributed by atoms with Gasteiger partial charge in [0, 0.05) is 0 Å². The summed E-state index contributed by atoms with van der Waals surface area (Å²) >= 11 is 2.23. The number of amides is 1. The van der Waals surface area contributed by atoms with Gasteiger partial charge in [-0.3, -0.25) is 0 Å². The van der Waals surface area contributed by atoms with E-state index in [1.165, 1.54) is 7.27 Å². The fourth-order valence-corrected chi connectivity index (χ4v) is 4.67. The second kappa shape index (κ2) is 7.27. The molecule has 2 aromatic heterocycles.